The summed E-state index contributed by atoms with van der Waals surface area (Å²) in [5.74, 6) is 0. The van der Waals surface area contributed by atoms with E-state index in [4.69, 9.17) is 0 Å². The number of nitro benzene ring substituents is 1. The van der Waals surface area contributed by atoms with E-state index in [0.717, 1.165) is 48.0 Å². The fourth-order valence-corrected chi connectivity index (χ4v) is 5.70. The average molecular weight is 470 g/mol. The summed E-state index contributed by atoms with van der Waals surface area (Å²) in [6.45, 7) is 5.06. The highest BCUT2D eigenvalue weighted by molar-refractivity contribution is 7.89. The quantitative estimate of drug-likeness (QED) is 0.410. The number of aromatic nitrogens is 2. The van der Waals surface area contributed by atoms with Crippen LogP contribution >= 0.6 is 0 Å². The van der Waals surface area contributed by atoms with Gasteiger partial charge >= 0.3 is 0 Å². The maximum absolute atomic E-state index is 13.0. The molecule has 1 N–H and O–H groups in total. The van der Waals surface area contributed by atoms with Crippen LogP contribution in [-0.2, 0) is 16.6 Å². The van der Waals surface area contributed by atoms with Crippen molar-refractivity contribution in [2.75, 3.05) is 18.4 Å². The number of nitro groups is 1. The molecule has 2 aromatic carbocycles. The number of benzene rings is 2. The molecule has 174 valence electrons. The first kappa shape index (κ1) is 22.9. The number of nitrogens with one attached hydrogen (secondary N) is 1. The smallest absolute Gasteiger partial charge is 0.293 e. The van der Waals surface area contributed by atoms with Gasteiger partial charge in [0.1, 0.15) is 5.69 Å². The Hall–Kier alpha value is -3.24. The van der Waals surface area contributed by atoms with E-state index in [1.54, 1.807) is 0 Å². The van der Waals surface area contributed by atoms with Crippen LogP contribution in [0, 0.1) is 24.0 Å². The van der Waals surface area contributed by atoms with E-state index in [2.05, 4.69) is 10.4 Å². The molecule has 2 heterocycles. The molecule has 1 fully saturated rings. The number of sulfonamides is 1. The molecule has 0 atom stereocenters. The van der Waals surface area contributed by atoms with Crippen molar-refractivity contribution in [3.63, 3.8) is 0 Å². The van der Waals surface area contributed by atoms with Gasteiger partial charge in [0.15, 0.2) is 0 Å². The summed E-state index contributed by atoms with van der Waals surface area (Å²) >= 11 is 0. The lowest BCUT2D eigenvalue weighted by atomic mass is 10.2. The molecule has 0 spiro atoms. The topological polar surface area (TPSA) is 110 Å². The van der Waals surface area contributed by atoms with E-state index < -0.39 is 14.9 Å². The van der Waals surface area contributed by atoms with Crippen LogP contribution in [0.25, 0.3) is 5.69 Å². The molecule has 1 aliphatic rings. The molecule has 0 aliphatic carbocycles. The Balaban J connectivity index is 1.59. The number of anilines is 1. The predicted molar refractivity (Wildman–Crippen MR) is 126 cm³/mol. The zero-order valence-electron chi connectivity index (χ0n) is 18.7. The molecule has 0 bridgehead atoms. The van der Waals surface area contributed by atoms with Gasteiger partial charge in [-0.2, -0.15) is 9.40 Å². The first-order valence-corrected chi connectivity index (χ1v) is 12.4. The largest absolute Gasteiger partial charge is 0.375 e. The van der Waals surface area contributed by atoms with Gasteiger partial charge in [0.05, 0.1) is 21.2 Å². The normalized spacial score (nSPS) is 14.8. The molecular formula is C23H27N5O4S. The van der Waals surface area contributed by atoms with Crippen molar-refractivity contribution < 1.29 is 13.3 Å². The zero-order valence-corrected chi connectivity index (χ0v) is 19.5. The van der Waals surface area contributed by atoms with Crippen molar-refractivity contribution in [1.82, 2.24) is 14.1 Å². The molecule has 9 nitrogen and oxygen atoms in total. The third kappa shape index (κ3) is 4.62. The Kier molecular flexibility index (Phi) is 6.48. The monoisotopic (exact) mass is 469 g/mol. The summed E-state index contributed by atoms with van der Waals surface area (Å²) in [7, 11) is -3.75. The van der Waals surface area contributed by atoms with Gasteiger partial charge in [-0.3, -0.25) is 10.1 Å². The van der Waals surface area contributed by atoms with Crippen LogP contribution in [0.4, 0.5) is 11.4 Å². The number of para-hydroxylation sites is 1. The minimum atomic E-state index is -3.75. The first-order valence-electron chi connectivity index (χ1n) is 10.9. The van der Waals surface area contributed by atoms with Crippen LogP contribution in [0.5, 0.6) is 0 Å². The van der Waals surface area contributed by atoms with Crippen molar-refractivity contribution in [3.05, 3.63) is 75.6 Å². The van der Waals surface area contributed by atoms with Crippen LogP contribution in [0.1, 0.15) is 36.2 Å². The van der Waals surface area contributed by atoms with Crippen LogP contribution in [0.15, 0.2) is 53.4 Å². The third-order valence-corrected chi connectivity index (χ3v) is 7.91. The van der Waals surface area contributed by atoms with Gasteiger partial charge in [-0.1, -0.05) is 24.6 Å². The van der Waals surface area contributed by atoms with E-state index >= 15 is 0 Å². The van der Waals surface area contributed by atoms with Crippen molar-refractivity contribution in [1.29, 1.82) is 0 Å². The zero-order chi connectivity index (χ0) is 23.6. The highest BCUT2D eigenvalue weighted by Gasteiger charge is 2.28. The van der Waals surface area contributed by atoms with Crippen LogP contribution < -0.4 is 5.32 Å². The molecule has 0 amide bonds. The highest BCUT2D eigenvalue weighted by atomic mass is 32.2. The van der Waals surface area contributed by atoms with E-state index in [0.29, 0.717) is 19.6 Å². The molecule has 1 aliphatic heterocycles. The molecule has 1 aromatic heterocycles. The van der Waals surface area contributed by atoms with E-state index in [1.807, 2.05) is 48.9 Å². The maximum Gasteiger partial charge on any atom is 0.293 e. The minimum Gasteiger partial charge on any atom is -0.375 e. The Morgan fingerprint density at radius 1 is 1.06 bits per heavy atom. The second-order valence-electron chi connectivity index (χ2n) is 8.15. The van der Waals surface area contributed by atoms with Crippen LogP contribution in [0.3, 0.4) is 0 Å². The summed E-state index contributed by atoms with van der Waals surface area (Å²) in [5.41, 5.74) is 3.61. The lowest BCUT2D eigenvalue weighted by molar-refractivity contribution is -0.384. The minimum absolute atomic E-state index is 0.0501. The standard InChI is InChI=1S/C23H27N5O4S/c1-17-21(18(2)27(25-17)19-9-5-3-6-10-19)16-24-22-12-11-20(15-23(22)28(29)30)33(31,32)26-13-7-4-8-14-26/h3,5-6,9-12,15,24H,4,7-8,13-14,16H2,1-2H3. The highest BCUT2D eigenvalue weighted by Crippen LogP contribution is 2.31. The van der Waals surface area contributed by atoms with Crippen molar-refractivity contribution in [3.8, 4) is 5.69 Å². The summed E-state index contributed by atoms with van der Waals surface area (Å²) in [4.78, 5) is 11.2. The number of hydrogen-bond acceptors (Lipinski definition) is 6. The van der Waals surface area contributed by atoms with Gasteiger partial charge in [-0.05, 0) is 51.0 Å². The Morgan fingerprint density at radius 2 is 1.76 bits per heavy atom. The average Bonchev–Trinajstić information content (AvgIpc) is 3.11. The number of aryl methyl sites for hydroxylation is 1. The lowest BCUT2D eigenvalue weighted by Crippen LogP contribution is -2.35. The maximum atomic E-state index is 13.0. The molecule has 4 rings (SSSR count). The van der Waals surface area contributed by atoms with Crippen molar-refractivity contribution >= 4 is 21.4 Å². The van der Waals surface area contributed by atoms with Crippen molar-refractivity contribution in [2.45, 2.75) is 44.6 Å². The third-order valence-electron chi connectivity index (χ3n) is 6.02. The summed E-state index contributed by atoms with van der Waals surface area (Å²) in [5, 5.41) is 19.5. The molecule has 0 unspecified atom stereocenters. The molecule has 10 heteroatoms. The first-order chi connectivity index (χ1) is 15.8. The van der Waals surface area contributed by atoms with Gasteiger partial charge in [0, 0.05) is 37.0 Å². The van der Waals surface area contributed by atoms with E-state index in [-0.39, 0.29) is 16.3 Å². The molecule has 1 saturated heterocycles. The fourth-order valence-electron chi connectivity index (χ4n) is 4.16. The molecule has 33 heavy (non-hydrogen) atoms. The van der Waals surface area contributed by atoms with Crippen LogP contribution in [0.2, 0.25) is 0 Å². The SMILES string of the molecule is Cc1nn(-c2ccccc2)c(C)c1CNc1ccc(S(=O)(=O)N2CCCCC2)cc1[N+](=O)[O-]. The van der Waals surface area contributed by atoms with Crippen LogP contribution in [-0.4, -0.2) is 40.5 Å². The molecule has 0 radical (unpaired) electrons. The Labute approximate surface area is 193 Å². The van der Waals surface area contributed by atoms with Gasteiger partial charge in [-0.25, -0.2) is 13.1 Å². The molecule has 0 saturated carbocycles. The van der Waals surface area contributed by atoms with Crippen molar-refractivity contribution in [2.24, 2.45) is 0 Å². The number of piperidine rings is 1. The summed E-state index contributed by atoms with van der Waals surface area (Å²) in [6.07, 6.45) is 2.60. The Bertz CT molecular complexity index is 1270. The van der Waals surface area contributed by atoms with Gasteiger partial charge in [0.25, 0.3) is 5.69 Å². The van der Waals surface area contributed by atoms with Gasteiger partial charge < -0.3 is 5.32 Å². The van der Waals surface area contributed by atoms with Gasteiger partial charge in [0.2, 0.25) is 10.0 Å². The number of hydrogen-bond donors (Lipinski definition) is 1. The summed E-state index contributed by atoms with van der Waals surface area (Å²) in [6, 6.07) is 13.8. The lowest BCUT2D eigenvalue weighted by Gasteiger charge is -2.25. The Morgan fingerprint density at radius 3 is 2.42 bits per heavy atom. The van der Waals surface area contributed by atoms with Gasteiger partial charge in [-0.15, -0.1) is 0 Å². The molecule has 3 aromatic rings. The second kappa shape index (κ2) is 9.32. The summed E-state index contributed by atoms with van der Waals surface area (Å²) < 4.78 is 29.2. The predicted octanol–water partition coefficient (Wildman–Crippen LogP) is 4.18. The number of rotatable bonds is 7. The fraction of sp³-hybridized carbons (Fsp3) is 0.348. The molecular weight excluding hydrogens is 442 g/mol. The van der Waals surface area contributed by atoms with E-state index in [9.17, 15) is 18.5 Å². The number of nitrogens with zero attached hydrogens (tertiary/aromatic N) is 4. The van der Waals surface area contributed by atoms with E-state index in [1.165, 1.54) is 16.4 Å². The second-order valence-corrected chi connectivity index (χ2v) is 10.1.